The summed E-state index contributed by atoms with van der Waals surface area (Å²) in [5.74, 6) is -0.292. The SMILES string of the molecule is Cc1cc(=O)c(C(=O)NC2CCCNC2)c[nH]1. The normalized spacial score (nSPS) is 19.9. The van der Waals surface area contributed by atoms with Gasteiger partial charge in [-0.3, -0.25) is 9.59 Å². The first-order valence-corrected chi connectivity index (χ1v) is 5.88. The minimum atomic E-state index is -0.292. The summed E-state index contributed by atoms with van der Waals surface area (Å²) in [6.45, 7) is 3.56. The van der Waals surface area contributed by atoms with Crippen molar-refractivity contribution in [3.63, 3.8) is 0 Å². The third-order valence-electron chi connectivity index (χ3n) is 2.93. The Balaban J connectivity index is 2.06. The highest BCUT2D eigenvalue weighted by Gasteiger charge is 2.17. The van der Waals surface area contributed by atoms with E-state index >= 15 is 0 Å². The van der Waals surface area contributed by atoms with Gasteiger partial charge in [-0.15, -0.1) is 0 Å². The minimum absolute atomic E-state index is 0.122. The molecule has 0 bridgehead atoms. The molecule has 0 aliphatic carbocycles. The van der Waals surface area contributed by atoms with Crippen molar-refractivity contribution in [2.24, 2.45) is 0 Å². The molecule has 1 aromatic rings. The molecule has 0 spiro atoms. The molecule has 2 heterocycles. The molecule has 2 rings (SSSR count). The molecule has 5 nitrogen and oxygen atoms in total. The summed E-state index contributed by atoms with van der Waals surface area (Å²) in [6.07, 6.45) is 3.49. The fourth-order valence-electron chi connectivity index (χ4n) is 1.99. The van der Waals surface area contributed by atoms with E-state index in [2.05, 4.69) is 15.6 Å². The van der Waals surface area contributed by atoms with Crippen LogP contribution in [0.25, 0.3) is 0 Å². The summed E-state index contributed by atoms with van der Waals surface area (Å²) in [6, 6.07) is 1.56. The number of pyridine rings is 1. The van der Waals surface area contributed by atoms with Gasteiger partial charge in [-0.05, 0) is 26.3 Å². The summed E-state index contributed by atoms with van der Waals surface area (Å²) < 4.78 is 0. The first kappa shape index (κ1) is 11.9. The molecule has 5 heteroatoms. The molecular formula is C12H17N3O2. The maximum atomic E-state index is 11.9. The molecule has 1 aliphatic rings. The number of aromatic nitrogens is 1. The number of aromatic amines is 1. The van der Waals surface area contributed by atoms with Gasteiger partial charge in [0.2, 0.25) is 0 Å². The highest BCUT2D eigenvalue weighted by atomic mass is 16.2. The lowest BCUT2D eigenvalue weighted by molar-refractivity contribution is 0.0929. The average Bonchev–Trinajstić information content (AvgIpc) is 2.30. The van der Waals surface area contributed by atoms with E-state index in [1.165, 1.54) is 12.3 Å². The van der Waals surface area contributed by atoms with Gasteiger partial charge < -0.3 is 15.6 Å². The Morgan fingerprint density at radius 3 is 3.00 bits per heavy atom. The van der Waals surface area contributed by atoms with Crippen LogP contribution in [0.2, 0.25) is 0 Å². The van der Waals surface area contributed by atoms with Crippen LogP contribution in [0.4, 0.5) is 0 Å². The van der Waals surface area contributed by atoms with E-state index in [9.17, 15) is 9.59 Å². The van der Waals surface area contributed by atoms with E-state index < -0.39 is 0 Å². The zero-order valence-electron chi connectivity index (χ0n) is 9.88. The Labute approximate surface area is 99.6 Å². The Hall–Kier alpha value is -1.62. The van der Waals surface area contributed by atoms with E-state index in [0.29, 0.717) is 0 Å². The maximum Gasteiger partial charge on any atom is 0.257 e. The van der Waals surface area contributed by atoms with Crippen LogP contribution >= 0.6 is 0 Å². The molecule has 0 radical (unpaired) electrons. The van der Waals surface area contributed by atoms with E-state index in [1.54, 1.807) is 6.92 Å². The number of rotatable bonds is 2. The van der Waals surface area contributed by atoms with Crippen molar-refractivity contribution in [3.05, 3.63) is 33.7 Å². The van der Waals surface area contributed by atoms with Gasteiger partial charge in [0.25, 0.3) is 5.91 Å². The lowest BCUT2D eigenvalue weighted by Crippen LogP contribution is -2.46. The van der Waals surface area contributed by atoms with Crippen molar-refractivity contribution in [3.8, 4) is 0 Å². The summed E-state index contributed by atoms with van der Waals surface area (Å²) in [4.78, 5) is 26.4. The molecule has 3 N–H and O–H groups in total. The van der Waals surface area contributed by atoms with Crippen molar-refractivity contribution in [1.29, 1.82) is 0 Å². The Kier molecular flexibility index (Phi) is 3.58. The second-order valence-electron chi connectivity index (χ2n) is 4.41. The van der Waals surface area contributed by atoms with E-state index in [4.69, 9.17) is 0 Å². The molecule has 1 saturated heterocycles. The fourth-order valence-corrected chi connectivity index (χ4v) is 1.99. The number of carbonyl (C=O) groups is 1. The second-order valence-corrected chi connectivity index (χ2v) is 4.41. The third kappa shape index (κ3) is 2.94. The largest absolute Gasteiger partial charge is 0.364 e. The van der Waals surface area contributed by atoms with Gasteiger partial charge in [0.15, 0.2) is 5.43 Å². The summed E-state index contributed by atoms with van der Waals surface area (Å²) >= 11 is 0. The van der Waals surface area contributed by atoms with Crippen LogP contribution in [0.5, 0.6) is 0 Å². The first-order valence-electron chi connectivity index (χ1n) is 5.88. The fraction of sp³-hybridized carbons (Fsp3) is 0.500. The van der Waals surface area contributed by atoms with Gasteiger partial charge >= 0.3 is 0 Å². The molecule has 17 heavy (non-hydrogen) atoms. The molecule has 1 aromatic heterocycles. The van der Waals surface area contributed by atoms with Crippen LogP contribution in [-0.4, -0.2) is 30.0 Å². The molecule has 1 amide bonds. The predicted octanol–water partition coefficient (Wildman–Crippen LogP) is 0.165. The van der Waals surface area contributed by atoms with Crippen molar-refractivity contribution < 1.29 is 4.79 Å². The number of nitrogens with one attached hydrogen (secondary N) is 3. The highest BCUT2D eigenvalue weighted by Crippen LogP contribution is 2.02. The monoisotopic (exact) mass is 235 g/mol. The lowest BCUT2D eigenvalue weighted by Gasteiger charge is -2.23. The quantitative estimate of drug-likeness (QED) is 0.684. The molecule has 1 atom stereocenters. The molecular weight excluding hydrogens is 218 g/mol. The van der Waals surface area contributed by atoms with Gasteiger partial charge in [0, 0.05) is 30.5 Å². The Bertz CT molecular complexity index is 461. The average molecular weight is 235 g/mol. The van der Waals surface area contributed by atoms with Gasteiger partial charge in [-0.1, -0.05) is 0 Å². The van der Waals surface area contributed by atoms with Gasteiger partial charge in [0.1, 0.15) is 5.56 Å². The van der Waals surface area contributed by atoms with Crippen molar-refractivity contribution in [2.45, 2.75) is 25.8 Å². The third-order valence-corrected chi connectivity index (χ3v) is 2.93. The molecule has 1 aliphatic heterocycles. The van der Waals surface area contributed by atoms with Crippen LogP contribution in [0.3, 0.4) is 0 Å². The summed E-state index contributed by atoms with van der Waals surface area (Å²) in [5, 5.41) is 6.09. The number of hydrogen-bond donors (Lipinski definition) is 3. The topological polar surface area (TPSA) is 74.0 Å². The van der Waals surface area contributed by atoms with Crippen molar-refractivity contribution in [1.82, 2.24) is 15.6 Å². The van der Waals surface area contributed by atoms with E-state index in [1.807, 2.05) is 0 Å². The van der Waals surface area contributed by atoms with Gasteiger partial charge in [-0.2, -0.15) is 0 Å². The van der Waals surface area contributed by atoms with Crippen molar-refractivity contribution in [2.75, 3.05) is 13.1 Å². The minimum Gasteiger partial charge on any atom is -0.364 e. The maximum absolute atomic E-state index is 11.9. The molecule has 1 fully saturated rings. The smallest absolute Gasteiger partial charge is 0.257 e. The number of amides is 1. The number of H-pyrrole nitrogens is 1. The van der Waals surface area contributed by atoms with Gasteiger partial charge in [0.05, 0.1) is 0 Å². The molecule has 92 valence electrons. The first-order chi connectivity index (χ1) is 8.16. The zero-order valence-corrected chi connectivity index (χ0v) is 9.88. The Morgan fingerprint density at radius 1 is 1.53 bits per heavy atom. The molecule has 1 unspecified atom stereocenters. The van der Waals surface area contributed by atoms with Crippen LogP contribution in [0, 0.1) is 6.92 Å². The standard InChI is InChI=1S/C12H17N3O2/c1-8-5-11(16)10(7-14-8)12(17)15-9-3-2-4-13-6-9/h5,7,9,13H,2-4,6H2,1H3,(H,14,16)(H,15,17). The Morgan fingerprint density at radius 2 is 2.35 bits per heavy atom. The number of aryl methyl sites for hydroxylation is 1. The van der Waals surface area contributed by atoms with Gasteiger partial charge in [-0.25, -0.2) is 0 Å². The van der Waals surface area contributed by atoms with Crippen LogP contribution in [-0.2, 0) is 0 Å². The van der Waals surface area contributed by atoms with Crippen LogP contribution in [0.15, 0.2) is 17.1 Å². The summed E-state index contributed by atoms with van der Waals surface area (Å²) in [7, 11) is 0. The predicted molar refractivity (Wildman–Crippen MR) is 65.2 cm³/mol. The van der Waals surface area contributed by atoms with E-state index in [-0.39, 0.29) is 22.9 Å². The number of piperidine rings is 1. The summed E-state index contributed by atoms with van der Waals surface area (Å²) in [5.41, 5.74) is 0.703. The van der Waals surface area contributed by atoms with Crippen molar-refractivity contribution >= 4 is 5.91 Å². The van der Waals surface area contributed by atoms with Crippen LogP contribution in [0.1, 0.15) is 28.9 Å². The van der Waals surface area contributed by atoms with E-state index in [0.717, 1.165) is 31.6 Å². The number of carbonyl (C=O) groups excluding carboxylic acids is 1. The molecule has 0 saturated carbocycles. The second kappa shape index (κ2) is 5.14. The zero-order chi connectivity index (χ0) is 12.3. The van der Waals surface area contributed by atoms with Crippen LogP contribution < -0.4 is 16.1 Å². The molecule has 0 aromatic carbocycles. The lowest BCUT2D eigenvalue weighted by atomic mass is 10.1. The highest BCUT2D eigenvalue weighted by molar-refractivity contribution is 5.94. The number of hydrogen-bond acceptors (Lipinski definition) is 3.